The molecular formula is C23H39BClN3O7Si2. The molecule has 0 aromatic carbocycles. The topological polar surface area (TPSA) is 117 Å². The van der Waals surface area contributed by atoms with Crippen molar-refractivity contribution in [3.05, 3.63) is 11.1 Å². The summed E-state index contributed by atoms with van der Waals surface area (Å²) in [6.07, 6.45) is -1.04. The summed E-state index contributed by atoms with van der Waals surface area (Å²) < 4.78 is 32.8. The summed E-state index contributed by atoms with van der Waals surface area (Å²) in [6, 6.07) is 2.87. The van der Waals surface area contributed by atoms with Crippen LogP contribution in [0.15, 0.2) is 6.07 Å². The van der Waals surface area contributed by atoms with Crippen LogP contribution in [-0.2, 0) is 25.4 Å². The van der Waals surface area contributed by atoms with Gasteiger partial charge in [0.05, 0.1) is 29.9 Å². The smallest absolute Gasteiger partial charge is 0.456 e. The fraction of sp³-hybridized carbons (Fsp3) is 0.739. The maximum Gasteiger partial charge on any atom is 0.509 e. The predicted molar refractivity (Wildman–Crippen MR) is 148 cm³/mol. The summed E-state index contributed by atoms with van der Waals surface area (Å²) >= 11 is 6.22. The van der Waals surface area contributed by atoms with Crippen molar-refractivity contribution in [2.24, 2.45) is 0 Å². The monoisotopic (exact) mass is 571 g/mol. The normalized spacial score (nSPS) is 24.3. The molecule has 4 rings (SSSR count). The maximum absolute atomic E-state index is 9.70. The van der Waals surface area contributed by atoms with E-state index in [1.807, 2.05) is 0 Å². The Morgan fingerprint density at radius 2 is 1.81 bits per heavy atom. The number of rotatable bonds is 10. The van der Waals surface area contributed by atoms with E-state index in [-0.39, 0.29) is 46.7 Å². The summed E-state index contributed by atoms with van der Waals surface area (Å²) in [7, 11) is -4.58. The fourth-order valence-corrected chi connectivity index (χ4v) is 6.40. The second-order valence-electron chi connectivity index (χ2n) is 11.8. The Bertz CT molecular complexity index is 1100. The number of halogens is 1. The van der Waals surface area contributed by atoms with E-state index in [1.54, 1.807) is 10.6 Å². The molecule has 206 valence electrons. The third kappa shape index (κ3) is 6.25. The fourth-order valence-electron chi connectivity index (χ4n) is 4.20. The zero-order valence-corrected chi connectivity index (χ0v) is 25.6. The van der Waals surface area contributed by atoms with Gasteiger partial charge in [0.2, 0.25) is 0 Å². The van der Waals surface area contributed by atoms with Crippen molar-refractivity contribution in [2.45, 2.75) is 89.2 Å². The molecule has 0 radical (unpaired) electrons. The number of hydrogen-bond donors (Lipinski definition) is 2. The highest BCUT2D eigenvalue weighted by Crippen LogP contribution is 2.40. The molecule has 0 spiro atoms. The highest BCUT2D eigenvalue weighted by atomic mass is 35.5. The molecule has 37 heavy (non-hydrogen) atoms. The molecule has 2 aliphatic rings. The first-order valence-electron chi connectivity index (χ1n) is 12.9. The van der Waals surface area contributed by atoms with Gasteiger partial charge in [-0.25, -0.2) is 4.98 Å². The van der Waals surface area contributed by atoms with Crippen molar-refractivity contribution in [1.82, 2.24) is 14.5 Å². The van der Waals surface area contributed by atoms with Crippen LogP contribution in [0.1, 0.15) is 20.8 Å². The minimum Gasteiger partial charge on any atom is -0.456 e. The van der Waals surface area contributed by atoms with Gasteiger partial charge in [0.25, 0.3) is 0 Å². The van der Waals surface area contributed by atoms with Gasteiger partial charge in [-0.1, -0.05) is 45.5 Å². The van der Waals surface area contributed by atoms with Crippen LogP contribution in [0, 0.1) is 0 Å². The first kappa shape index (κ1) is 29.0. The zero-order valence-electron chi connectivity index (χ0n) is 22.7. The SMILES string of the molecule is C[SiH](C)CCOCn1c(O[C@@H]2CO[C@H]3[C@@H]2OC[C@H]3O[Si](C)(C)C(C)(C)C)nc2cc(Cl)c(B(O)O)nc21. The molecule has 4 atom stereocenters. The number of nitrogens with zero attached hydrogens (tertiary/aromatic N) is 3. The van der Waals surface area contributed by atoms with Crippen LogP contribution >= 0.6 is 11.6 Å². The Hall–Kier alpha value is -1.03. The van der Waals surface area contributed by atoms with Crippen molar-refractivity contribution < 1.29 is 33.4 Å². The van der Waals surface area contributed by atoms with E-state index in [1.165, 1.54) is 0 Å². The lowest BCUT2D eigenvalue weighted by Crippen LogP contribution is -2.47. The summed E-state index contributed by atoms with van der Waals surface area (Å²) in [5.41, 5.74) is 0.810. The maximum atomic E-state index is 9.70. The van der Waals surface area contributed by atoms with E-state index < -0.39 is 30.3 Å². The largest absolute Gasteiger partial charge is 0.509 e. The molecule has 14 heteroatoms. The van der Waals surface area contributed by atoms with Crippen LogP contribution in [0.25, 0.3) is 11.2 Å². The molecule has 0 aliphatic carbocycles. The Morgan fingerprint density at radius 1 is 1.16 bits per heavy atom. The molecule has 0 amide bonds. The molecule has 2 aliphatic heterocycles. The molecule has 4 heterocycles. The first-order valence-corrected chi connectivity index (χ1v) is 19.3. The molecule has 0 unspecified atom stereocenters. The highest BCUT2D eigenvalue weighted by molar-refractivity contribution is 6.74. The molecule has 2 saturated heterocycles. The quantitative estimate of drug-likeness (QED) is 0.327. The lowest BCUT2D eigenvalue weighted by Gasteiger charge is -2.39. The van der Waals surface area contributed by atoms with Crippen LogP contribution in [-0.4, -0.2) is 93.1 Å². The van der Waals surface area contributed by atoms with Gasteiger partial charge >= 0.3 is 13.1 Å². The van der Waals surface area contributed by atoms with Crippen molar-refractivity contribution in [1.29, 1.82) is 0 Å². The zero-order chi connectivity index (χ0) is 27.1. The predicted octanol–water partition coefficient (Wildman–Crippen LogP) is 2.16. The average molecular weight is 572 g/mol. The third-order valence-corrected chi connectivity index (χ3v) is 13.6. The van der Waals surface area contributed by atoms with Crippen molar-refractivity contribution >= 4 is 52.6 Å². The molecule has 0 bridgehead atoms. The number of imidazole rings is 1. The van der Waals surface area contributed by atoms with Gasteiger partial charge < -0.3 is 33.4 Å². The lowest BCUT2D eigenvalue weighted by molar-refractivity contribution is 0.00688. The van der Waals surface area contributed by atoms with Gasteiger partial charge in [-0.05, 0) is 30.2 Å². The van der Waals surface area contributed by atoms with E-state index in [0.29, 0.717) is 31.0 Å². The minimum atomic E-state index is -2.00. The second kappa shape index (κ2) is 11.2. The molecule has 0 saturated carbocycles. The van der Waals surface area contributed by atoms with Gasteiger partial charge in [0.15, 0.2) is 20.1 Å². The number of fused-ring (bicyclic) bond motifs is 2. The van der Waals surface area contributed by atoms with Gasteiger partial charge in [0.1, 0.15) is 24.5 Å². The van der Waals surface area contributed by atoms with Gasteiger partial charge in [-0.15, -0.1) is 0 Å². The molecule has 10 nitrogen and oxygen atoms in total. The summed E-state index contributed by atoms with van der Waals surface area (Å²) in [6.45, 7) is 17.2. The Labute approximate surface area is 226 Å². The Balaban J connectivity index is 1.55. The van der Waals surface area contributed by atoms with Crippen LogP contribution in [0.4, 0.5) is 0 Å². The van der Waals surface area contributed by atoms with Crippen LogP contribution in [0.2, 0.25) is 42.3 Å². The molecule has 2 aromatic heterocycles. The first-order chi connectivity index (χ1) is 17.3. The van der Waals surface area contributed by atoms with Crippen LogP contribution in [0.3, 0.4) is 0 Å². The van der Waals surface area contributed by atoms with Crippen LogP contribution < -0.4 is 10.3 Å². The van der Waals surface area contributed by atoms with Crippen LogP contribution in [0.5, 0.6) is 6.01 Å². The molecule has 2 N–H and O–H groups in total. The summed E-state index contributed by atoms with van der Waals surface area (Å²) in [5.74, 6) is 0. The number of hydrogen-bond acceptors (Lipinski definition) is 9. The molecular weight excluding hydrogens is 533 g/mol. The van der Waals surface area contributed by atoms with Gasteiger partial charge in [-0.3, -0.25) is 4.57 Å². The van der Waals surface area contributed by atoms with E-state index in [2.05, 4.69) is 56.9 Å². The summed E-state index contributed by atoms with van der Waals surface area (Å²) in [5, 5.41) is 19.6. The Morgan fingerprint density at radius 3 is 2.43 bits per heavy atom. The second-order valence-corrected chi connectivity index (χ2v) is 20.3. The Kier molecular flexibility index (Phi) is 8.78. The number of ether oxygens (including phenoxy) is 4. The molecule has 2 fully saturated rings. The third-order valence-electron chi connectivity index (χ3n) is 7.44. The van der Waals surface area contributed by atoms with Crippen molar-refractivity contribution in [3.8, 4) is 6.01 Å². The van der Waals surface area contributed by atoms with E-state index in [0.717, 1.165) is 6.04 Å². The van der Waals surface area contributed by atoms with Crippen molar-refractivity contribution in [2.75, 3.05) is 19.8 Å². The standard InChI is InChI=1S/C23H39BClN3O7Si2/c1-23(2,3)37(6,7)35-17-12-33-18-16(11-32-19(17)18)34-22-26-15-10-14(25)20(24(29)30)27-21(15)28(22)13-31-8-9-36(4)5/h10,16-19,29-30,36H,8-9,11-13H2,1-7H3/t16-,17-,18-,19-/m1/s1. The molecule has 2 aromatic rings. The van der Waals surface area contributed by atoms with E-state index >= 15 is 0 Å². The van der Waals surface area contributed by atoms with E-state index in [4.69, 9.17) is 35.0 Å². The van der Waals surface area contributed by atoms with Gasteiger partial charge in [0, 0.05) is 15.4 Å². The minimum absolute atomic E-state index is 0.0505. The van der Waals surface area contributed by atoms with Crippen molar-refractivity contribution in [3.63, 3.8) is 0 Å². The average Bonchev–Trinajstić information content (AvgIpc) is 3.45. The number of aromatic nitrogens is 3. The number of pyridine rings is 1. The highest BCUT2D eigenvalue weighted by Gasteiger charge is 2.52. The summed E-state index contributed by atoms with van der Waals surface area (Å²) in [4.78, 5) is 8.96. The van der Waals surface area contributed by atoms with E-state index in [9.17, 15) is 10.0 Å². The lowest BCUT2D eigenvalue weighted by atomic mass is 9.85. The van der Waals surface area contributed by atoms with Gasteiger partial charge in [-0.2, -0.15) is 4.98 Å².